The summed E-state index contributed by atoms with van der Waals surface area (Å²) in [6.07, 6.45) is 6.77. The second-order valence-electron chi connectivity index (χ2n) is 3.28. The highest BCUT2D eigenvalue weighted by atomic mass is 15.3. The molecule has 3 rings (SSSR count). The van der Waals surface area contributed by atoms with Crippen molar-refractivity contribution in [3.8, 4) is 11.4 Å². The number of nitrogen functional groups attached to an aromatic ring is 1. The quantitative estimate of drug-likeness (QED) is 0.644. The van der Waals surface area contributed by atoms with Gasteiger partial charge in [0.1, 0.15) is 0 Å². The first-order valence-electron chi connectivity index (χ1n) is 4.72. The van der Waals surface area contributed by atoms with Crippen molar-refractivity contribution in [2.45, 2.75) is 0 Å². The second kappa shape index (κ2) is 3.27. The number of anilines is 1. The van der Waals surface area contributed by atoms with Gasteiger partial charge < -0.3 is 5.73 Å². The van der Waals surface area contributed by atoms with Crippen LogP contribution in [0.25, 0.3) is 17.2 Å². The fourth-order valence-corrected chi connectivity index (χ4v) is 1.54. The maximum atomic E-state index is 5.84. The van der Waals surface area contributed by atoms with Gasteiger partial charge >= 0.3 is 0 Å². The van der Waals surface area contributed by atoms with E-state index in [-0.39, 0.29) is 0 Å². The van der Waals surface area contributed by atoms with Crippen LogP contribution in [0.2, 0.25) is 0 Å². The summed E-state index contributed by atoms with van der Waals surface area (Å²) < 4.78 is 1.78. The minimum absolute atomic E-state index is 0.550. The first-order chi connectivity index (χ1) is 7.86. The van der Waals surface area contributed by atoms with E-state index in [0.717, 1.165) is 5.56 Å². The van der Waals surface area contributed by atoms with Crippen LogP contribution in [0.1, 0.15) is 0 Å². The molecular formula is C10H8N6. The maximum Gasteiger partial charge on any atom is 0.255 e. The summed E-state index contributed by atoms with van der Waals surface area (Å²) in [5.41, 5.74) is 7.21. The molecular weight excluding hydrogens is 204 g/mol. The molecule has 0 aliphatic heterocycles. The van der Waals surface area contributed by atoms with Gasteiger partial charge in [-0.25, -0.2) is 4.98 Å². The van der Waals surface area contributed by atoms with Crippen LogP contribution >= 0.6 is 0 Å². The molecule has 0 atom stereocenters. The van der Waals surface area contributed by atoms with Crippen molar-refractivity contribution in [1.82, 2.24) is 24.6 Å². The average Bonchev–Trinajstić information content (AvgIpc) is 2.74. The van der Waals surface area contributed by atoms with Crippen molar-refractivity contribution < 1.29 is 0 Å². The van der Waals surface area contributed by atoms with Crippen molar-refractivity contribution in [2.75, 3.05) is 5.73 Å². The second-order valence-corrected chi connectivity index (χ2v) is 3.28. The molecule has 78 valence electrons. The normalized spacial score (nSPS) is 10.8. The molecule has 0 spiro atoms. The van der Waals surface area contributed by atoms with E-state index in [1.165, 1.54) is 0 Å². The SMILES string of the molecule is Nc1cnccc1-c1nnc2ncccn12. The number of aromatic nitrogens is 5. The zero-order chi connectivity index (χ0) is 11.0. The van der Waals surface area contributed by atoms with Crippen LogP contribution in [0.5, 0.6) is 0 Å². The summed E-state index contributed by atoms with van der Waals surface area (Å²) in [6, 6.07) is 3.62. The Kier molecular flexibility index (Phi) is 1.79. The Morgan fingerprint density at radius 3 is 3.00 bits per heavy atom. The Hall–Kier alpha value is -2.50. The largest absolute Gasteiger partial charge is 0.397 e. The fraction of sp³-hybridized carbons (Fsp3) is 0. The maximum absolute atomic E-state index is 5.84. The Labute approximate surface area is 90.8 Å². The van der Waals surface area contributed by atoms with Crippen LogP contribution in [0.4, 0.5) is 5.69 Å². The van der Waals surface area contributed by atoms with E-state index in [1.54, 1.807) is 29.1 Å². The molecule has 0 aromatic carbocycles. The molecule has 6 nitrogen and oxygen atoms in total. The average molecular weight is 212 g/mol. The Morgan fingerprint density at radius 2 is 2.12 bits per heavy atom. The number of pyridine rings is 1. The Balaban J connectivity index is 2.31. The monoisotopic (exact) mass is 212 g/mol. The van der Waals surface area contributed by atoms with Crippen LogP contribution in [-0.4, -0.2) is 24.6 Å². The van der Waals surface area contributed by atoms with E-state index < -0.39 is 0 Å². The number of hydrogen-bond acceptors (Lipinski definition) is 5. The first kappa shape index (κ1) is 8.78. The lowest BCUT2D eigenvalue weighted by Gasteiger charge is -2.01. The van der Waals surface area contributed by atoms with Crippen molar-refractivity contribution in [3.05, 3.63) is 36.9 Å². The fourth-order valence-electron chi connectivity index (χ4n) is 1.54. The predicted molar refractivity (Wildman–Crippen MR) is 58.4 cm³/mol. The molecule has 6 heteroatoms. The number of hydrogen-bond donors (Lipinski definition) is 1. The predicted octanol–water partition coefficient (Wildman–Crippen LogP) is 0.768. The smallest absolute Gasteiger partial charge is 0.255 e. The van der Waals surface area contributed by atoms with E-state index in [2.05, 4.69) is 20.2 Å². The van der Waals surface area contributed by atoms with Crippen molar-refractivity contribution in [2.24, 2.45) is 0 Å². The highest BCUT2D eigenvalue weighted by Gasteiger charge is 2.10. The van der Waals surface area contributed by atoms with Crippen LogP contribution in [0.15, 0.2) is 36.9 Å². The summed E-state index contributed by atoms with van der Waals surface area (Å²) >= 11 is 0. The van der Waals surface area contributed by atoms with Gasteiger partial charge in [-0.05, 0) is 12.1 Å². The van der Waals surface area contributed by atoms with Crippen LogP contribution in [0.3, 0.4) is 0 Å². The molecule has 3 heterocycles. The van der Waals surface area contributed by atoms with E-state index in [9.17, 15) is 0 Å². The molecule has 0 bridgehead atoms. The zero-order valence-electron chi connectivity index (χ0n) is 8.28. The number of fused-ring (bicyclic) bond motifs is 1. The molecule has 0 saturated heterocycles. The first-order valence-corrected chi connectivity index (χ1v) is 4.72. The lowest BCUT2D eigenvalue weighted by Crippen LogP contribution is -1.95. The number of nitrogens with zero attached hydrogens (tertiary/aromatic N) is 5. The minimum atomic E-state index is 0.550. The highest BCUT2D eigenvalue weighted by molar-refractivity contribution is 5.71. The van der Waals surface area contributed by atoms with Gasteiger partial charge in [0.15, 0.2) is 5.82 Å². The lowest BCUT2D eigenvalue weighted by atomic mass is 10.2. The molecule has 2 N–H and O–H groups in total. The van der Waals surface area contributed by atoms with E-state index >= 15 is 0 Å². The molecule has 0 saturated carbocycles. The van der Waals surface area contributed by atoms with Gasteiger partial charge in [0.2, 0.25) is 0 Å². The van der Waals surface area contributed by atoms with Gasteiger partial charge in [-0.3, -0.25) is 9.38 Å². The van der Waals surface area contributed by atoms with Crippen molar-refractivity contribution >= 4 is 11.5 Å². The van der Waals surface area contributed by atoms with E-state index in [0.29, 0.717) is 17.3 Å². The summed E-state index contributed by atoms with van der Waals surface area (Å²) in [6.45, 7) is 0. The third-order valence-electron chi connectivity index (χ3n) is 2.28. The third-order valence-corrected chi connectivity index (χ3v) is 2.28. The standard InChI is InChI=1S/C10H8N6/c11-8-6-12-4-2-7(8)9-14-15-10-13-3-1-5-16(9)10/h1-6H,11H2. The van der Waals surface area contributed by atoms with Gasteiger partial charge in [-0.15, -0.1) is 10.2 Å². The van der Waals surface area contributed by atoms with Crippen LogP contribution in [-0.2, 0) is 0 Å². The van der Waals surface area contributed by atoms with Gasteiger partial charge in [0.25, 0.3) is 5.78 Å². The minimum Gasteiger partial charge on any atom is -0.397 e. The highest BCUT2D eigenvalue weighted by Crippen LogP contribution is 2.22. The molecule has 0 fully saturated rings. The summed E-state index contributed by atoms with van der Waals surface area (Å²) in [4.78, 5) is 8.03. The zero-order valence-corrected chi connectivity index (χ0v) is 8.28. The van der Waals surface area contributed by atoms with E-state index in [4.69, 9.17) is 5.73 Å². The molecule has 0 amide bonds. The molecule has 3 aromatic rings. The molecule has 3 aromatic heterocycles. The summed E-state index contributed by atoms with van der Waals surface area (Å²) in [5.74, 6) is 1.22. The van der Waals surface area contributed by atoms with Gasteiger partial charge in [0.05, 0.1) is 11.9 Å². The van der Waals surface area contributed by atoms with Gasteiger partial charge in [-0.1, -0.05) is 0 Å². The number of nitrogens with two attached hydrogens (primary N) is 1. The van der Waals surface area contributed by atoms with Crippen molar-refractivity contribution in [1.29, 1.82) is 0 Å². The van der Waals surface area contributed by atoms with E-state index in [1.807, 2.05) is 12.3 Å². The molecule has 0 radical (unpaired) electrons. The molecule has 0 aliphatic rings. The topological polar surface area (TPSA) is 82.0 Å². The van der Waals surface area contributed by atoms with Crippen LogP contribution in [0, 0.1) is 0 Å². The van der Waals surface area contributed by atoms with Crippen molar-refractivity contribution in [3.63, 3.8) is 0 Å². The third kappa shape index (κ3) is 1.20. The van der Waals surface area contributed by atoms with Crippen LogP contribution < -0.4 is 5.73 Å². The van der Waals surface area contributed by atoms with Gasteiger partial charge in [-0.2, -0.15) is 0 Å². The lowest BCUT2D eigenvalue weighted by molar-refractivity contribution is 1.10. The Morgan fingerprint density at radius 1 is 1.19 bits per heavy atom. The summed E-state index contributed by atoms with van der Waals surface area (Å²) in [7, 11) is 0. The summed E-state index contributed by atoms with van der Waals surface area (Å²) in [5, 5.41) is 8.03. The Bertz CT molecular complexity index is 644. The number of rotatable bonds is 1. The van der Waals surface area contributed by atoms with Gasteiger partial charge in [0, 0.05) is 24.2 Å². The molecule has 16 heavy (non-hydrogen) atoms. The molecule has 0 aliphatic carbocycles. The molecule has 0 unspecified atom stereocenters.